The van der Waals surface area contributed by atoms with E-state index < -0.39 is 35.5 Å². The molecule has 1 aromatic rings. The van der Waals surface area contributed by atoms with Gasteiger partial charge in [-0.05, 0) is 25.3 Å². The molecule has 1 aliphatic carbocycles. The van der Waals surface area contributed by atoms with Crippen LogP contribution in [0.5, 0.6) is 0 Å². The van der Waals surface area contributed by atoms with Crippen molar-refractivity contribution in [1.29, 1.82) is 0 Å². The van der Waals surface area contributed by atoms with Gasteiger partial charge < -0.3 is 10.0 Å². The van der Waals surface area contributed by atoms with Crippen molar-refractivity contribution < 1.29 is 29.1 Å². The van der Waals surface area contributed by atoms with Gasteiger partial charge in [-0.15, -0.1) is 0 Å². The van der Waals surface area contributed by atoms with E-state index in [0.717, 1.165) is 30.6 Å². The van der Waals surface area contributed by atoms with E-state index in [1.807, 2.05) is 6.92 Å². The van der Waals surface area contributed by atoms with Gasteiger partial charge in [0.05, 0.1) is 11.6 Å². The van der Waals surface area contributed by atoms with Crippen LogP contribution in [0.4, 0.5) is 4.39 Å². The van der Waals surface area contributed by atoms with Crippen LogP contribution in [0.2, 0.25) is 0 Å². The number of aliphatic hydroxyl groups excluding tert-OH is 1. The number of hydrogen-bond donors (Lipinski definition) is 3. The summed E-state index contributed by atoms with van der Waals surface area (Å²) in [6, 6.07) is 3.32. The van der Waals surface area contributed by atoms with Crippen LogP contribution in [0.15, 0.2) is 35.6 Å². The molecule has 2 atom stereocenters. The quantitative estimate of drug-likeness (QED) is 0.429. The standard InChI is InChI=1S/C23H29FN2O5/c1-2-3-13-17(22(29)25-31)26-19(15-11-7-8-12-16(15)24)18(21(28)23(26)30)20(27)14-9-5-4-6-10-14/h7-8,11-12,14,17,19,28,31H,2-6,9-10,13H2,1H3,(H,25,29). The molecule has 1 aliphatic heterocycles. The first-order valence-electron chi connectivity index (χ1n) is 10.9. The summed E-state index contributed by atoms with van der Waals surface area (Å²) in [6.45, 7) is 1.90. The first kappa shape index (κ1) is 22.9. The van der Waals surface area contributed by atoms with Crippen molar-refractivity contribution in [2.24, 2.45) is 5.92 Å². The maximum absolute atomic E-state index is 14.8. The fourth-order valence-corrected chi connectivity index (χ4v) is 4.65. The molecule has 1 heterocycles. The number of benzene rings is 1. The maximum atomic E-state index is 14.8. The highest BCUT2D eigenvalue weighted by Gasteiger charge is 2.49. The van der Waals surface area contributed by atoms with Gasteiger partial charge in [-0.1, -0.05) is 57.2 Å². The summed E-state index contributed by atoms with van der Waals surface area (Å²) < 4.78 is 14.8. The van der Waals surface area contributed by atoms with Gasteiger partial charge in [0.1, 0.15) is 11.9 Å². The minimum atomic E-state index is -1.23. The normalized spacial score (nSPS) is 20.8. The second-order valence-electron chi connectivity index (χ2n) is 8.23. The van der Waals surface area contributed by atoms with E-state index >= 15 is 0 Å². The summed E-state index contributed by atoms with van der Waals surface area (Å²) in [5, 5.41) is 20.0. The van der Waals surface area contributed by atoms with Crippen LogP contribution in [0.25, 0.3) is 0 Å². The van der Waals surface area contributed by atoms with E-state index in [1.54, 1.807) is 11.5 Å². The van der Waals surface area contributed by atoms with Crippen molar-refractivity contribution >= 4 is 17.6 Å². The smallest absolute Gasteiger partial charge is 0.290 e. The van der Waals surface area contributed by atoms with Crippen LogP contribution in [0.1, 0.15) is 69.9 Å². The SMILES string of the molecule is CCCCC(C(=O)NO)N1C(=O)C(O)=C(C(=O)C2CCCCC2)C1c1ccccc1F. The van der Waals surface area contributed by atoms with Crippen LogP contribution in [-0.2, 0) is 14.4 Å². The van der Waals surface area contributed by atoms with E-state index in [2.05, 4.69) is 0 Å². The number of carbonyl (C=O) groups is 3. The zero-order valence-electron chi connectivity index (χ0n) is 17.6. The number of amides is 2. The Morgan fingerprint density at radius 2 is 1.90 bits per heavy atom. The van der Waals surface area contributed by atoms with Gasteiger partial charge in [-0.3, -0.25) is 19.6 Å². The van der Waals surface area contributed by atoms with Crippen LogP contribution in [-0.4, -0.2) is 38.9 Å². The number of nitrogens with one attached hydrogen (secondary N) is 1. The van der Waals surface area contributed by atoms with Crippen LogP contribution in [0, 0.1) is 11.7 Å². The van der Waals surface area contributed by atoms with E-state index in [4.69, 9.17) is 0 Å². The largest absolute Gasteiger partial charge is 0.503 e. The van der Waals surface area contributed by atoms with Gasteiger partial charge >= 0.3 is 0 Å². The summed E-state index contributed by atoms with van der Waals surface area (Å²) >= 11 is 0. The summed E-state index contributed by atoms with van der Waals surface area (Å²) in [4.78, 5) is 40.0. The summed E-state index contributed by atoms with van der Waals surface area (Å²) in [5.41, 5.74) is 1.44. The van der Waals surface area contributed by atoms with Crippen molar-refractivity contribution in [3.63, 3.8) is 0 Å². The van der Waals surface area contributed by atoms with Gasteiger partial charge in [-0.25, -0.2) is 9.87 Å². The van der Waals surface area contributed by atoms with E-state index in [1.165, 1.54) is 18.2 Å². The first-order valence-corrected chi connectivity index (χ1v) is 10.9. The van der Waals surface area contributed by atoms with Gasteiger partial charge in [0.15, 0.2) is 11.5 Å². The lowest BCUT2D eigenvalue weighted by Gasteiger charge is -2.34. The number of aliphatic hydroxyl groups is 1. The molecule has 3 N–H and O–H groups in total. The Morgan fingerprint density at radius 3 is 2.52 bits per heavy atom. The van der Waals surface area contributed by atoms with Gasteiger partial charge in [0.2, 0.25) is 0 Å². The molecule has 31 heavy (non-hydrogen) atoms. The highest BCUT2D eigenvalue weighted by atomic mass is 19.1. The van der Waals surface area contributed by atoms with Crippen molar-refractivity contribution in [2.45, 2.75) is 70.4 Å². The topological polar surface area (TPSA) is 107 Å². The first-order chi connectivity index (χ1) is 14.9. The molecular formula is C23H29FN2O5. The predicted molar refractivity (Wildman–Crippen MR) is 110 cm³/mol. The summed E-state index contributed by atoms with van der Waals surface area (Å²) in [5.74, 6) is -3.86. The van der Waals surface area contributed by atoms with E-state index in [-0.39, 0.29) is 29.3 Å². The highest BCUT2D eigenvalue weighted by Crippen LogP contribution is 2.43. The number of Topliss-reactive ketones (excluding diaryl/α,β-unsaturated/α-hetero) is 1. The third kappa shape index (κ3) is 4.49. The Bertz CT molecular complexity index is 878. The lowest BCUT2D eigenvalue weighted by atomic mass is 9.81. The third-order valence-electron chi connectivity index (χ3n) is 6.26. The molecule has 1 fully saturated rings. The van der Waals surface area contributed by atoms with Crippen molar-refractivity contribution in [1.82, 2.24) is 10.4 Å². The Morgan fingerprint density at radius 1 is 1.23 bits per heavy atom. The molecule has 2 aliphatic rings. The lowest BCUT2D eigenvalue weighted by molar-refractivity contribution is -0.144. The van der Waals surface area contributed by atoms with Gasteiger partial charge in [0, 0.05) is 11.5 Å². The monoisotopic (exact) mass is 432 g/mol. The number of rotatable bonds is 8. The number of hydroxylamine groups is 1. The zero-order chi connectivity index (χ0) is 22.5. The third-order valence-corrected chi connectivity index (χ3v) is 6.26. The molecule has 0 saturated heterocycles. The van der Waals surface area contributed by atoms with E-state index in [9.17, 15) is 29.1 Å². The summed E-state index contributed by atoms with van der Waals surface area (Å²) in [7, 11) is 0. The predicted octanol–water partition coefficient (Wildman–Crippen LogP) is 3.73. The van der Waals surface area contributed by atoms with Crippen molar-refractivity contribution in [2.75, 3.05) is 0 Å². The Labute approximate surface area is 180 Å². The van der Waals surface area contributed by atoms with Crippen molar-refractivity contribution in [3.8, 4) is 0 Å². The van der Waals surface area contributed by atoms with E-state index in [0.29, 0.717) is 19.3 Å². The van der Waals surface area contributed by atoms with Gasteiger partial charge in [-0.2, -0.15) is 0 Å². The lowest BCUT2D eigenvalue weighted by Crippen LogP contribution is -2.49. The van der Waals surface area contributed by atoms with Crippen molar-refractivity contribution in [3.05, 3.63) is 47.0 Å². The number of unbranched alkanes of at least 4 members (excludes halogenated alkanes) is 1. The Hall–Kier alpha value is -2.74. The van der Waals surface area contributed by atoms with Crippen LogP contribution in [0.3, 0.4) is 0 Å². The molecule has 2 amide bonds. The minimum absolute atomic E-state index is 0.0336. The number of hydrogen-bond acceptors (Lipinski definition) is 5. The molecule has 0 aromatic heterocycles. The average Bonchev–Trinajstić information content (AvgIpc) is 3.05. The fraction of sp³-hybridized carbons (Fsp3) is 0.522. The van der Waals surface area contributed by atoms with Gasteiger partial charge in [0.25, 0.3) is 11.8 Å². The highest BCUT2D eigenvalue weighted by molar-refractivity contribution is 6.10. The molecule has 1 saturated carbocycles. The zero-order valence-corrected chi connectivity index (χ0v) is 17.6. The molecule has 168 valence electrons. The van der Waals surface area contributed by atoms with Crippen LogP contribution >= 0.6 is 0 Å². The molecule has 1 aromatic carbocycles. The number of carbonyl (C=O) groups excluding carboxylic acids is 3. The number of nitrogens with zero attached hydrogens (tertiary/aromatic N) is 1. The molecule has 2 unspecified atom stereocenters. The molecule has 0 spiro atoms. The summed E-state index contributed by atoms with van der Waals surface area (Å²) in [6.07, 6.45) is 5.52. The molecule has 7 nitrogen and oxygen atoms in total. The molecule has 3 rings (SSSR count). The maximum Gasteiger partial charge on any atom is 0.290 e. The number of halogens is 1. The second-order valence-corrected chi connectivity index (χ2v) is 8.23. The fourth-order valence-electron chi connectivity index (χ4n) is 4.65. The second kappa shape index (κ2) is 10.0. The molecule has 8 heteroatoms. The number of ketones is 1. The van der Waals surface area contributed by atoms with Crippen LogP contribution < -0.4 is 5.48 Å². The average molecular weight is 432 g/mol. The molecule has 0 radical (unpaired) electrons. The Balaban J connectivity index is 2.10. The minimum Gasteiger partial charge on any atom is -0.503 e. The molecular weight excluding hydrogens is 403 g/mol. The molecule has 0 bridgehead atoms. The Kier molecular flexibility index (Phi) is 7.43.